The van der Waals surface area contributed by atoms with Crippen molar-refractivity contribution in [3.8, 4) is 11.1 Å². The number of aryl methyl sites for hydroxylation is 1. The fraction of sp³-hybridized carbons (Fsp3) is 0.190. The van der Waals surface area contributed by atoms with Crippen LogP contribution in [0.2, 0.25) is 0 Å². The van der Waals surface area contributed by atoms with Crippen LogP contribution in [0.3, 0.4) is 0 Å². The Morgan fingerprint density at radius 2 is 1.72 bits per heavy atom. The van der Waals surface area contributed by atoms with Crippen molar-refractivity contribution in [1.29, 1.82) is 0 Å². The first kappa shape index (κ1) is 17.4. The molecule has 3 nitrogen and oxygen atoms in total. The Hall–Kier alpha value is -2.43. The van der Waals surface area contributed by atoms with Crippen LogP contribution in [0.4, 0.5) is 0 Å². The fourth-order valence-corrected chi connectivity index (χ4v) is 3.64. The number of nitrogens with one attached hydrogen (secondary N) is 1. The van der Waals surface area contributed by atoms with Crippen molar-refractivity contribution in [1.82, 2.24) is 5.32 Å². The van der Waals surface area contributed by atoms with E-state index in [4.69, 9.17) is 0 Å². The van der Waals surface area contributed by atoms with Crippen molar-refractivity contribution >= 4 is 17.2 Å². The van der Waals surface area contributed by atoms with Gasteiger partial charge in [0.05, 0.1) is 6.42 Å². The number of carbonyl (C=O) groups is 1. The second-order valence-electron chi connectivity index (χ2n) is 6.03. The van der Waals surface area contributed by atoms with E-state index in [0.29, 0.717) is 6.42 Å². The first-order valence-electron chi connectivity index (χ1n) is 8.26. The summed E-state index contributed by atoms with van der Waals surface area (Å²) in [6, 6.07) is 20.1. The summed E-state index contributed by atoms with van der Waals surface area (Å²) in [5.41, 5.74) is 4.31. The van der Waals surface area contributed by atoms with Gasteiger partial charge in [0.15, 0.2) is 0 Å². The van der Waals surface area contributed by atoms with Crippen LogP contribution in [-0.4, -0.2) is 17.6 Å². The van der Waals surface area contributed by atoms with Gasteiger partial charge >= 0.3 is 0 Å². The van der Waals surface area contributed by atoms with Crippen molar-refractivity contribution in [3.63, 3.8) is 0 Å². The van der Waals surface area contributed by atoms with E-state index in [2.05, 4.69) is 17.4 Å². The van der Waals surface area contributed by atoms with E-state index < -0.39 is 6.10 Å². The molecule has 0 aliphatic carbocycles. The number of hydrogen-bond donors (Lipinski definition) is 2. The van der Waals surface area contributed by atoms with Crippen LogP contribution in [0.15, 0.2) is 66.0 Å². The molecule has 1 heterocycles. The molecule has 4 heteroatoms. The molecule has 0 aliphatic heterocycles. The molecule has 0 fully saturated rings. The van der Waals surface area contributed by atoms with Gasteiger partial charge in [0.2, 0.25) is 5.91 Å². The summed E-state index contributed by atoms with van der Waals surface area (Å²) >= 11 is 1.51. The molecule has 0 spiro atoms. The maximum Gasteiger partial charge on any atom is 0.224 e. The highest BCUT2D eigenvalue weighted by Crippen LogP contribution is 2.23. The van der Waals surface area contributed by atoms with Crippen LogP contribution in [0.25, 0.3) is 11.1 Å². The lowest BCUT2D eigenvalue weighted by Crippen LogP contribution is -2.29. The Morgan fingerprint density at radius 1 is 1.04 bits per heavy atom. The van der Waals surface area contributed by atoms with E-state index in [1.807, 2.05) is 60.8 Å². The number of carbonyl (C=O) groups excluding carboxylic acids is 1. The summed E-state index contributed by atoms with van der Waals surface area (Å²) in [5, 5.41) is 14.9. The van der Waals surface area contributed by atoms with Gasteiger partial charge in [-0.05, 0) is 40.6 Å². The summed E-state index contributed by atoms with van der Waals surface area (Å²) in [5.74, 6) is -0.0827. The van der Waals surface area contributed by atoms with Gasteiger partial charge in [-0.3, -0.25) is 4.79 Å². The molecular formula is C21H21NO2S. The predicted octanol–water partition coefficient (Wildman–Crippen LogP) is 4.12. The smallest absolute Gasteiger partial charge is 0.224 e. The minimum atomic E-state index is -0.649. The van der Waals surface area contributed by atoms with Gasteiger partial charge in [0.1, 0.15) is 6.10 Å². The summed E-state index contributed by atoms with van der Waals surface area (Å²) in [6.07, 6.45) is -0.338. The second-order valence-corrected chi connectivity index (χ2v) is 6.98. The zero-order chi connectivity index (χ0) is 17.6. The summed E-state index contributed by atoms with van der Waals surface area (Å²) in [4.78, 5) is 13.0. The molecule has 1 unspecified atom stereocenters. The fourth-order valence-electron chi connectivity index (χ4n) is 2.72. The van der Waals surface area contributed by atoms with Crippen molar-refractivity contribution < 1.29 is 9.90 Å². The van der Waals surface area contributed by atoms with E-state index >= 15 is 0 Å². The van der Waals surface area contributed by atoms with Gasteiger partial charge in [-0.25, -0.2) is 0 Å². The largest absolute Gasteiger partial charge is 0.386 e. The molecule has 2 N–H and O–H groups in total. The zero-order valence-corrected chi connectivity index (χ0v) is 14.9. The average molecular weight is 351 g/mol. The van der Waals surface area contributed by atoms with Crippen molar-refractivity contribution in [2.24, 2.45) is 0 Å². The third-order valence-corrected chi connectivity index (χ3v) is 5.24. The van der Waals surface area contributed by atoms with Gasteiger partial charge in [-0.1, -0.05) is 54.6 Å². The third kappa shape index (κ3) is 4.56. The van der Waals surface area contributed by atoms with Gasteiger partial charge in [0.25, 0.3) is 0 Å². The first-order chi connectivity index (χ1) is 12.1. The van der Waals surface area contributed by atoms with Crippen molar-refractivity contribution in [3.05, 3.63) is 82.0 Å². The Balaban J connectivity index is 1.54. The van der Waals surface area contributed by atoms with Crippen molar-refractivity contribution in [2.45, 2.75) is 19.4 Å². The SMILES string of the molecule is Cc1ccsc1C(O)CNC(=O)Cc1ccc(-c2ccccc2)cc1. The Kier molecular flexibility index (Phi) is 5.64. The minimum absolute atomic E-state index is 0.0827. The normalized spacial score (nSPS) is 11.9. The highest BCUT2D eigenvalue weighted by Gasteiger charge is 2.13. The molecule has 0 aliphatic rings. The zero-order valence-electron chi connectivity index (χ0n) is 14.1. The average Bonchev–Trinajstić information content (AvgIpc) is 3.07. The molecule has 3 rings (SSSR count). The molecule has 0 saturated carbocycles. The molecule has 0 radical (unpaired) electrons. The molecule has 0 saturated heterocycles. The molecule has 0 bridgehead atoms. The van der Waals surface area contributed by atoms with Gasteiger partial charge < -0.3 is 10.4 Å². The maximum atomic E-state index is 12.1. The number of aliphatic hydroxyl groups is 1. The highest BCUT2D eigenvalue weighted by atomic mass is 32.1. The number of benzene rings is 2. The minimum Gasteiger partial charge on any atom is -0.386 e. The summed E-state index contributed by atoms with van der Waals surface area (Å²) in [6.45, 7) is 2.20. The monoisotopic (exact) mass is 351 g/mol. The Labute approximate surface area is 152 Å². The van der Waals surface area contributed by atoms with E-state index in [0.717, 1.165) is 27.1 Å². The third-order valence-electron chi connectivity index (χ3n) is 4.12. The quantitative estimate of drug-likeness (QED) is 0.702. The predicted molar refractivity (Wildman–Crippen MR) is 103 cm³/mol. The van der Waals surface area contributed by atoms with Crippen LogP contribution in [0.1, 0.15) is 22.1 Å². The summed E-state index contributed by atoms with van der Waals surface area (Å²) < 4.78 is 0. The van der Waals surface area contributed by atoms with Crippen LogP contribution in [0, 0.1) is 6.92 Å². The van der Waals surface area contributed by atoms with Crippen LogP contribution >= 0.6 is 11.3 Å². The van der Waals surface area contributed by atoms with Crippen LogP contribution < -0.4 is 5.32 Å². The van der Waals surface area contributed by atoms with Crippen molar-refractivity contribution in [2.75, 3.05) is 6.54 Å². The number of hydrogen-bond acceptors (Lipinski definition) is 3. The van der Waals surface area contributed by atoms with Crippen LogP contribution in [0.5, 0.6) is 0 Å². The number of thiophene rings is 1. The van der Waals surface area contributed by atoms with Gasteiger partial charge in [-0.15, -0.1) is 11.3 Å². The topological polar surface area (TPSA) is 49.3 Å². The van der Waals surface area contributed by atoms with E-state index in [1.165, 1.54) is 11.3 Å². The van der Waals surface area contributed by atoms with Gasteiger partial charge in [0, 0.05) is 11.4 Å². The molecule has 128 valence electrons. The maximum absolute atomic E-state index is 12.1. The number of aliphatic hydroxyl groups excluding tert-OH is 1. The molecule has 3 aromatic rings. The first-order valence-corrected chi connectivity index (χ1v) is 9.14. The lowest BCUT2D eigenvalue weighted by Gasteiger charge is -2.12. The lowest BCUT2D eigenvalue weighted by atomic mass is 10.0. The highest BCUT2D eigenvalue weighted by molar-refractivity contribution is 7.10. The number of rotatable bonds is 6. The molecule has 2 aromatic carbocycles. The van der Waals surface area contributed by atoms with E-state index in [1.54, 1.807) is 0 Å². The summed E-state index contributed by atoms with van der Waals surface area (Å²) in [7, 11) is 0. The van der Waals surface area contributed by atoms with Crippen LogP contribution in [-0.2, 0) is 11.2 Å². The Morgan fingerprint density at radius 3 is 2.36 bits per heavy atom. The molecule has 1 aromatic heterocycles. The molecule has 25 heavy (non-hydrogen) atoms. The number of amides is 1. The van der Waals surface area contributed by atoms with Gasteiger partial charge in [-0.2, -0.15) is 0 Å². The molecule has 1 atom stereocenters. The standard InChI is InChI=1S/C21H21NO2S/c1-15-11-12-25-21(15)19(23)14-22-20(24)13-16-7-9-18(10-8-16)17-5-3-2-4-6-17/h2-12,19,23H,13-14H2,1H3,(H,22,24). The molecule has 1 amide bonds. The second kappa shape index (κ2) is 8.10. The lowest BCUT2D eigenvalue weighted by molar-refractivity contribution is -0.120. The molecular weight excluding hydrogens is 330 g/mol. The van der Waals surface area contributed by atoms with E-state index in [9.17, 15) is 9.90 Å². The Bertz CT molecular complexity index is 825. The van der Waals surface area contributed by atoms with E-state index in [-0.39, 0.29) is 12.5 Å².